The molecular weight excluding hydrogens is 346 g/mol. The number of amides is 1. The third-order valence-corrected chi connectivity index (χ3v) is 3.97. The zero-order chi connectivity index (χ0) is 18.6. The van der Waals surface area contributed by atoms with Crippen molar-refractivity contribution >= 4 is 11.6 Å². The van der Waals surface area contributed by atoms with E-state index in [4.69, 9.17) is 14.2 Å². The summed E-state index contributed by atoms with van der Waals surface area (Å²) >= 11 is 0. The molecule has 7 nitrogen and oxygen atoms in total. The lowest BCUT2D eigenvalue weighted by atomic mass is 10.1. The van der Waals surface area contributed by atoms with E-state index in [-0.39, 0.29) is 11.9 Å². The molecule has 0 fully saturated rings. The van der Waals surface area contributed by atoms with Crippen LogP contribution in [0.3, 0.4) is 0 Å². The Hall–Kier alpha value is -3.61. The van der Waals surface area contributed by atoms with E-state index in [2.05, 4.69) is 15.3 Å². The lowest BCUT2D eigenvalue weighted by Gasteiger charge is -2.31. The maximum absolute atomic E-state index is 12.6. The van der Waals surface area contributed by atoms with Crippen LogP contribution in [-0.4, -0.2) is 28.1 Å². The molecule has 2 heterocycles. The maximum atomic E-state index is 12.6. The van der Waals surface area contributed by atoms with Gasteiger partial charge in [0.05, 0.1) is 0 Å². The van der Waals surface area contributed by atoms with E-state index in [1.807, 2.05) is 18.2 Å². The molecule has 0 radical (unpaired) electrons. The highest BCUT2D eigenvalue weighted by Gasteiger charge is 2.34. The van der Waals surface area contributed by atoms with Gasteiger partial charge >= 0.3 is 6.01 Å². The molecule has 2 aromatic carbocycles. The second kappa shape index (κ2) is 7.33. The topological polar surface area (TPSA) is 82.6 Å². The summed E-state index contributed by atoms with van der Waals surface area (Å²) in [6.45, 7) is 1.80. The van der Waals surface area contributed by atoms with E-state index in [1.54, 1.807) is 55.7 Å². The highest BCUT2D eigenvalue weighted by atomic mass is 16.6. The first kappa shape index (κ1) is 16.8. The molecule has 27 heavy (non-hydrogen) atoms. The van der Waals surface area contributed by atoms with Gasteiger partial charge in [0.25, 0.3) is 5.91 Å². The number of aromatic nitrogens is 2. The van der Waals surface area contributed by atoms with Gasteiger partial charge in [-0.1, -0.05) is 12.1 Å². The zero-order valence-corrected chi connectivity index (χ0v) is 14.5. The second-order valence-corrected chi connectivity index (χ2v) is 5.96. The molecule has 1 aliphatic heterocycles. The lowest BCUT2D eigenvalue weighted by Crippen LogP contribution is -2.46. The third-order valence-electron chi connectivity index (χ3n) is 3.97. The van der Waals surface area contributed by atoms with E-state index in [1.165, 1.54) is 0 Å². The Morgan fingerprint density at radius 1 is 0.963 bits per heavy atom. The number of anilines is 1. The molecule has 136 valence electrons. The van der Waals surface area contributed by atoms with Crippen LogP contribution in [0.4, 0.5) is 5.69 Å². The fourth-order valence-corrected chi connectivity index (χ4v) is 2.67. The summed E-state index contributed by atoms with van der Waals surface area (Å²) in [4.78, 5) is 20.6. The fraction of sp³-hybridized carbons (Fsp3) is 0.150. The summed E-state index contributed by atoms with van der Waals surface area (Å²) < 4.78 is 17.1. The lowest BCUT2D eigenvalue weighted by molar-refractivity contribution is -0.128. The maximum Gasteiger partial charge on any atom is 0.321 e. The minimum absolute atomic E-state index is 0.259. The van der Waals surface area contributed by atoms with E-state index in [0.717, 1.165) is 0 Å². The molecule has 7 heteroatoms. The molecule has 0 saturated heterocycles. The van der Waals surface area contributed by atoms with Gasteiger partial charge in [0, 0.05) is 18.1 Å². The van der Waals surface area contributed by atoms with Crippen LogP contribution >= 0.6 is 0 Å². The molecule has 2 atom stereocenters. The van der Waals surface area contributed by atoms with Gasteiger partial charge in [-0.05, 0) is 49.4 Å². The number of para-hydroxylation sites is 2. The van der Waals surface area contributed by atoms with Crippen LogP contribution in [0.25, 0.3) is 0 Å². The van der Waals surface area contributed by atoms with Crippen LogP contribution in [0.2, 0.25) is 0 Å². The number of hydrogen-bond acceptors (Lipinski definition) is 6. The molecular formula is C20H17N3O4. The Balaban J connectivity index is 1.41. The molecule has 2 unspecified atom stereocenters. The molecule has 1 N–H and O–H groups in total. The van der Waals surface area contributed by atoms with Gasteiger partial charge in [0.1, 0.15) is 11.9 Å². The van der Waals surface area contributed by atoms with Gasteiger partial charge in [0.2, 0.25) is 6.10 Å². The Morgan fingerprint density at radius 3 is 2.33 bits per heavy atom. The normalized spacial score (nSPS) is 17.8. The average Bonchev–Trinajstić information content (AvgIpc) is 2.69. The number of carbonyl (C=O) groups is 1. The minimum atomic E-state index is -0.742. The number of carbonyl (C=O) groups excluding carboxylic acids is 1. The van der Waals surface area contributed by atoms with E-state index in [9.17, 15) is 4.79 Å². The van der Waals surface area contributed by atoms with Crippen molar-refractivity contribution in [3.05, 3.63) is 67.0 Å². The SMILES string of the molecule is CC1Oc2ccccc2OC1C(=O)Nc1ccc(Oc2ncccn2)cc1. The molecule has 0 aliphatic carbocycles. The smallest absolute Gasteiger partial charge is 0.321 e. The Labute approximate surface area is 155 Å². The van der Waals surface area contributed by atoms with Crippen LogP contribution in [0.15, 0.2) is 67.0 Å². The zero-order valence-electron chi connectivity index (χ0n) is 14.5. The number of rotatable bonds is 4. The van der Waals surface area contributed by atoms with Crippen molar-refractivity contribution in [1.29, 1.82) is 0 Å². The van der Waals surface area contributed by atoms with Crippen molar-refractivity contribution < 1.29 is 19.0 Å². The molecule has 4 rings (SSSR count). The number of nitrogens with zero attached hydrogens (tertiary/aromatic N) is 2. The van der Waals surface area contributed by atoms with Gasteiger partial charge in [0.15, 0.2) is 11.5 Å². The first-order valence-electron chi connectivity index (χ1n) is 8.47. The van der Waals surface area contributed by atoms with Crippen molar-refractivity contribution in [3.8, 4) is 23.3 Å². The van der Waals surface area contributed by atoms with Crippen LogP contribution in [0.5, 0.6) is 23.3 Å². The highest BCUT2D eigenvalue weighted by Crippen LogP contribution is 2.33. The van der Waals surface area contributed by atoms with Crippen molar-refractivity contribution in [3.63, 3.8) is 0 Å². The molecule has 1 aliphatic rings. The van der Waals surface area contributed by atoms with Crippen molar-refractivity contribution in [2.75, 3.05) is 5.32 Å². The molecule has 1 aromatic heterocycles. The third kappa shape index (κ3) is 3.82. The summed E-state index contributed by atoms with van der Waals surface area (Å²) in [5.41, 5.74) is 0.621. The number of benzene rings is 2. The standard InChI is InChI=1S/C20H17N3O4/c1-13-18(27-17-6-3-2-5-16(17)25-13)19(24)23-14-7-9-15(10-8-14)26-20-21-11-4-12-22-20/h2-13,18H,1H3,(H,23,24). The first-order chi connectivity index (χ1) is 13.2. The Bertz CT molecular complexity index is 931. The summed E-state index contributed by atoms with van der Waals surface area (Å²) in [6.07, 6.45) is 2.05. The van der Waals surface area contributed by atoms with E-state index < -0.39 is 12.2 Å². The molecule has 1 amide bonds. The van der Waals surface area contributed by atoms with Crippen molar-refractivity contribution in [2.24, 2.45) is 0 Å². The van der Waals surface area contributed by atoms with Crippen LogP contribution < -0.4 is 19.5 Å². The summed E-state index contributed by atoms with van der Waals surface area (Å²) in [6, 6.07) is 16.2. The van der Waals surface area contributed by atoms with Crippen LogP contribution in [-0.2, 0) is 4.79 Å². The second-order valence-electron chi connectivity index (χ2n) is 5.96. The first-order valence-corrected chi connectivity index (χ1v) is 8.47. The van der Waals surface area contributed by atoms with Gasteiger partial charge in [-0.2, -0.15) is 0 Å². The number of ether oxygens (including phenoxy) is 3. The summed E-state index contributed by atoms with van der Waals surface area (Å²) in [7, 11) is 0. The predicted octanol–water partition coefficient (Wildman–Crippen LogP) is 3.44. The summed E-state index contributed by atoms with van der Waals surface area (Å²) in [5.74, 6) is 1.48. The van der Waals surface area contributed by atoms with Gasteiger partial charge in [-0.15, -0.1) is 0 Å². The van der Waals surface area contributed by atoms with E-state index >= 15 is 0 Å². The molecule has 0 spiro atoms. The van der Waals surface area contributed by atoms with E-state index in [0.29, 0.717) is 22.9 Å². The quantitative estimate of drug-likeness (QED) is 0.765. The molecule has 3 aromatic rings. The van der Waals surface area contributed by atoms with Crippen LogP contribution in [0.1, 0.15) is 6.92 Å². The summed E-state index contributed by atoms with van der Waals surface area (Å²) in [5, 5.41) is 2.83. The molecule has 0 bridgehead atoms. The predicted molar refractivity (Wildman–Crippen MR) is 98.1 cm³/mol. The van der Waals surface area contributed by atoms with Crippen molar-refractivity contribution in [1.82, 2.24) is 9.97 Å². The van der Waals surface area contributed by atoms with Gasteiger partial charge < -0.3 is 19.5 Å². The minimum Gasteiger partial charge on any atom is -0.482 e. The van der Waals surface area contributed by atoms with Crippen LogP contribution in [0, 0.1) is 0 Å². The molecule has 0 saturated carbocycles. The average molecular weight is 363 g/mol. The monoisotopic (exact) mass is 363 g/mol. The number of fused-ring (bicyclic) bond motifs is 1. The number of hydrogen-bond donors (Lipinski definition) is 1. The Kier molecular flexibility index (Phi) is 4.57. The van der Waals surface area contributed by atoms with Crippen molar-refractivity contribution in [2.45, 2.75) is 19.1 Å². The highest BCUT2D eigenvalue weighted by molar-refractivity contribution is 5.95. The largest absolute Gasteiger partial charge is 0.482 e. The van der Waals surface area contributed by atoms with Gasteiger partial charge in [-0.3, -0.25) is 4.79 Å². The van der Waals surface area contributed by atoms with Gasteiger partial charge in [-0.25, -0.2) is 9.97 Å². The Morgan fingerprint density at radius 2 is 1.63 bits per heavy atom. The number of nitrogens with one attached hydrogen (secondary N) is 1. The fourth-order valence-electron chi connectivity index (χ4n) is 2.67.